The smallest absolute Gasteiger partial charge is 0.229 e. The zero-order valence-electron chi connectivity index (χ0n) is 22.5. The minimum atomic E-state index is -0.841. The Balaban J connectivity index is 1.40. The molecule has 0 amide bonds. The van der Waals surface area contributed by atoms with Crippen molar-refractivity contribution in [2.24, 2.45) is 11.7 Å². The van der Waals surface area contributed by atoms with Gasteiger partial charge in [0.05, 0.1) is 66.7 Å². The number of aromatic nitrogens is 4. The lowest BCUT2D eigenvalue weighted by atomic mass is 9.74. The molecule has 214 valence electrons. The predicted octanol–water partition coefficient (Wildman–Crippen LogP) is 4.32. The number of nitriles is 1. The Labute approximate surface area is 235 Å². The number of aliphatic hydroxyl groups excluding tert-OH is 1. The number of aliphatic hydroxyl groups is 1. The van der Waals surface area contributed by atoms with E-state index in [9.17, 15) is 8.78 Å². The van der Waals surface area contributed by atoms with E-state index in [0.29, 0.717) is 30.9 Å². The van der Waals surface area contributed by atoms with Crippen LogP contribution in [0.5, 0.6) is 5.75 Å². The highest BCUT2D eigenvalue weighted by Crippen LogP contribution is 2.40. The zero-order valence-corrected chi connectivity index (χ0v) is 22.5. The van der Waals surface area contributed by atoms with Crippen LogP contribution in [0.15, 0.2) is 48.9 Å². The molecule has 1 saturated carbocycles. The monoisotopic (exact) mass is 563 g/mol. The highest BCUT2D eigenvalue weighted by atomic mass is 19.1. The van der Waals surface area contributed by atoms with Crippen LogP contribution in [0.3, 0.4) is 0 Å². The lowest BCUT2D eigenvalue weighted by Gasteiger charge is -2.39. The molecule has 1 aliphatic carbocycles. The van der Waals surface area contributed by atoms with Crippen molar-refractivity contribution >= 4 is 17.2 Å². The van der Waals surface area contributed by atoms with Crippen molar-refractivity contribution in [2.75, 3.05) is 25.1 Å². The second kappa shape index (κ2) is 12.6. The number of nitrogens with two attached hydrogens (primary N) is 1. The molecule has 41 heavy (non-hydrogen) atoms. The highest BCUT2D eigenvalue weighted by molar-refractivity contribution is 5.66. The fourth-order valence-corrected chi connectivity index (χ4v) is 5.48. The molecular weight excluding hydrogens is 532 g/mol. The van der Waals surface area contributed by atoms with E-state index < -0.39 is 11.6 Å². The lowest BCUT2D eigenvalue weighted by molar-refractivity contribution is -0.0198. The summed E-state index contributed by atoms with van der Waals surface area (Å²) in [6, 6.07) is 9.17. The van der Waals surface area contributed by atoms with Gasteiger partial charge in [0, 0.05) is 24.4 Å². The average Bonchev–Trinajstić information content (AvgIpc) is 3.35. The van der Waals surface area contributed by atoms with E-state index in [1.54, 1.807) is 24.7 Å². The summed E-state index contributed by atoms with van der Waals surface area (Å²) in [6.07, 6.45) is 6.78. The summed E-state index contributed by atoms with van der Waals surface area (Å²) in [4.78, 5) is 8.74. The Hall–Kier alpha value is -4.18. The quantitative estimate of drug-likeness (QED) is 0.240. The van der Waals surface area contributed by atoms with Gasteiger partial charge in [-0.2, -0.15) is 14.9 Å². The molecule has 4 atom stereocenters. The Morgan fingerprint density at radius 3 is 2.71 bits per heavy atom. The van der Waals surface area contributed by atoms with Gasteiger partial charge in [-0.25, -0.2) is 13.8 Å². The van der Waals surface area contributed by atoms with Gasteiger partial charge < -0.3 is 25.6 Å². The third kappa shape index (κ3) is 6.12. The Morgan fingerprint density at radius 2 is 1.98 bits per heavy atom. The van der Waals surface area contributed by atoms with E-state index in [-0.39, 0.29) is 54.2 Å². The van der Waals surface area contributed by atoms with Gasteiger partial charge in [0.25, 0.3) is 0 Å². The number of halogens is 2. The molecule has 0 aliphatic heterocycles. The Kier molecular flexibility index (Phi) is 8.68. The lowest BCUT2D eigenvalue weighted by Crippen LogP contribution is -2.46. The first-order chi connectivity index (χ1) is 19.9. The fourth-order valence-electron chi connectivity index (χ4n) is 5.48. The van der Waals surface area contributed by atoms with Gasteiger partial charge in [-0.15, -0.1) is 0 Å². The molecule has 10 nitrogen and oxygen atoms in total. The molecule has 1 aliphatic rings. The van der Waals surface area contributed by atoms with Crippen molar-refractivity contribution in [3.05, 3.63) is 66.1 Å². The van der Waals surface area contributed by atoms with Crippen LogP contribution < -0.4 is 15.8 Å². The maximum atomic E-state index is 14.9. The number of hydrogen-bond acceptors (Lipinski definition) is 9. The number of rotatable bonds is 10. The predicted molar refractivity (Wildman–Crippen MR) is 148 cm³/mol. The molecule has 0 bridgehead atoms. The summed E-state index contributed by atoms with van der Waals surface area (Å²) < 4.78 is 42.4. The van der Waals surface area contributed by atoms with Crippen molar-refractivity contribution in [3.63, 3.8) is 0 Å². The maximum absolute atomic E-state index is 14.9. The topological polar surface area (TPSA) is 144 Å². The zero-order chi connectivity index (χ0) is 28.9. The summed E-state index contributed by atoms with van der Waals surface area (Å²) in [7, 11) is 0. The SMILES string of the molecule is C[C@H]1C[C@@H](c2ccncc2Nc2ncc3ccc(-c4c(F)cc(OCCO)cc4F)nn23)C[C@@H](N)[C@H]1OCCC#N. The van der Waals surface area contributed by atoms with Crippen LogP contribution in [0.1, 0.15) is 37.7 Å². The fraction of sp³-hybridized carbons (Fsp3) is 0.379. The third-order valence-corrected chi connectivity index (χ3v) is 7.28. The molecular formula is C29H31F2N7O3. The van der Waals surface area contributed by atoms with Crippen LogP contribution in [0.25, 0.3) is 16.8 Å². The summed E-state index contributed by atoms with van der Waals surface area (Å²) in [5.41, 5.74) is 8.65. The van der Waals surface area contributed by atoms with Gasteiger partial charge >= 0.3 is 0 Å². The molecule has 1 aromatic carbocycles. The van der Waals surface area contributed by atoms with Crippen LogP contribution in [0.4, 0.5) is 20.4 Å². The van der Waals surface area contributed by atoms with E-state index in [1.165, 1.54) is 10.6 Å². The molecule has 5 rings (SSSR count). The number of nitrogens with one attached hydrogen (secondary N) is 1. The number of ether oxygens (including phenoxy) is 2. The second-order valence-corrected chi connectivity index (χ2v) is 10.1. The van der Waals surface area contributed by atoms with Gasteiger partial charge in [-0.3, -0.25) is 4.98 Å². The number of benzene rings is 1. The molecule has 0 spiro atoms. The summed E-state index contributed by atoms with van der Waals surface area (Å²) in [5.74, 6) is -1.04. The molecule has 4 aromatic rings. The van der Waals surface area contributed by atoms with Crippen LogP contribution in [0.2, 0.25) is 0 Å². The molecule has 0 saturated heterocycles. The minimum absolute atomic E-state index is 0.0234. The summed E-state index contributed by atoms with van der Waals surface area (Å²) in [5, 5.41) is 25.5. The van der Waals surface area contributed by atoms with Crippen LogP contribution in [0, 0.1) is 28.9 Å². The molecule has 0 radical (unpaired) electrons. The standard InChI is InChI=1S/C29H31F2N7O3/c1-17-11-18(12-24(33)28(17)41-9-2-6-32)21-5-7-34-16-26(21)36-29-35-15-19-3-4-25(37-38(19)29)27-22(30)13-20(14-23(27)31)40-10-8-39/h3-5,7,13-18,24,28,39H,2,8-12,33H2,1H3,(H,35,36)/t17-,18+,24+,28-/m0/s1. The van der Waals surface area contributed by atoms with Crippen LogP contribution in [-0.2, 0) is 4.74 Å². The third-order valence-electron chi connectivity index (χ3n) is 7.28. The molecule has 1 fully saturated rings. The van der Waals surface area contributed by atoms with E-state index in [2.05, 4.69) is 33.4 Å². The van der Waals surface area contributed by atoms with Crippen molar-refractivity contribution in [1.29, 1.82) is 5.26 Å². The first kappa shape index (κ1) is 28.4. The highest BCUT2D eigenvalue weighted by Gasteiger charge is 2.35. The number of imidazole rings is 1. The van der Waals surface area contributed by atoms with E-state index >= 15 is 0 Å². The van der Waals surface area contributed by atoms with Crippen LogP contribution in [-0.4, -0.2) is 56.7 Å². The van der Waals surface area contributed by atoms with E-state index in [1.807, 2.05) is 6.07 Å². The van der Waals surface area contributed by atoms with Crippen molar-refractivity contribution in [2.45, 2.75) is 44.2 Å². The van der Waals surface area contributed by atoms with Gasteiger partial charge in [0.2, 0.25) is 5.95 Å². The minimum Gasteiger partial charge on any atom is -0.491 e. The van der Waals surface area contributed by atoms with Crippen LogP contribution >= 0.6 is 0 Å². The largest absolute Gasteiger partial charge is 0.491 e. The number of hydrogen-bond donors (Lipinski definition) is 3. The Bertz CT molecular complexity index is 1520. The molecule has 12 heteroatoms. The first-order valence-electron chi connectivity index (χ1n) is 13.4. The number of fused-ring (bicyclic) bond motifs is 1. The van der Waals surface area contributed by atoms with Crippen molar-refractivity contribution < 1.29 is 23.4 Å². The average molecular weight is 564 g/mol. The van der Waals surface area contributed by atoms with Gasteiger partial charge in [0.15, 0.2) is 0 Å². The summed E-state index contributed by atoms with van der Waals surface area (Å²) in [6.45, 7) is 2.12. The van der Waals surface area contributed by atoms with E-state index in [0.717, 1.165) is 29.8 Å². The van der Waals surface area contributed by atoms with Gasteiger partial charge in [-0.05, 0) is 48.4 Å². The van der Waals surface area contributed by atoms with Crippen molar-refractivity contribution in [1.82, 2.24) is 19.6 Å². The second-order valence-electron chi connectivity index (χ2n) is 10.1. The van der Waals surface area contributed by atoms with Gasteiger partial charge in [-0.1, -0.05) is 6.92 Å². The van der Waals surface area contributed by atoms with Gasteiger partial charge in [0.1, 0.15) is 24.0 Å². The number of nitrogens with zero attached hydrogens (tertiary/aromatic N) is 5. The number of anilines is 2. The normalized spacial score (nSPS) is 20.6. The first-order valence-corrected chi connectivity index (χ1v) is 13.4. The maximum Gasteiger partial charge on any atom is 0.229 e. The molecule has 4 N–H and O–H groups in total. The molecule has 3 aromatic heterocycles. The molecule has 0 unspecified atom stereocenters. The molecule has 3 heterocycles. The van der Waals surface area contributed by atoms with Crippen molar-refractivity contribution in [3.8, 4) is 23.1 Å². The number of pyridine rings is 1. The Morgan fingerprint density at radius 1 is 1.17 bits per heavy atom. The van der Waals surface area contributed by atoms with E-state index in [4.69, 9.17) is 25.6 Å². The summed E-state index contributed by atoms with van der Waals surface area (Å²) >= 11 is 0.